The normalized spacial score (nSPS) is 19.8. The zero-order valence-corrected chi connectivity index (χ0v) is 18.2. The van der Waals surface area contributed by atoms with E-state index in [9.17, 15) is 26.4 Å². The topological polar surface area (TPSA) is 84.5 Å². The molecule has 0 fully saturated rings. The van der Waals surface area contributed by atoms with Gasteiger partial charge in [0, 0.05) is 29.3 Å². The fourth-order valence-corrected chi connectivity index (χ4v) is 5.02. The minimum atomic E-state index is -4.50. The molecule has 0 unspecified atom stereocenters. The fraction of sp³-hybridized carbons (Fsp3) is 0.318. The van der Waals surface area contributed by atoms with Crippen LogP contribution in [0.5, 0.6) is 5.75 Å². The van der Waals surface area contributed by atoms with Crippen LogP contribution in [0.25, 0.3) is 5.57 Å². The van der Waals surface area contributed by atoms with E-state index in [2.05, 4.69) is 10.0 Å². The predicted octanol–water partition coefficient (Wildman–Crippen LogP) is 4.59. The molecule has 0 bridgehead atoms. The molecule has 0 radical (unpaired) electrons. The Morgan fingerprint density at radius 3 is 2.69 bits per heavy atom. The number of halogens is 3. The van der Waals surface area contributed by atoms with E-state index in [4.69, 9.17) is 4.74 Å². The van der Waals surface area contributed by atoms with E-state index in [1.54, 1.807) is 32.0 Å². The third kappa shape index (κ3) is 4.59. The molecule has 6 nitrogen and oxygen atoms in total. The highest BCUT2D eigenvalue weighted by molar-refractivity contribution is 7.92. The molecular formula is C22H21F3N2O4S. The van der Waals surface area contributed by atoms with Gasteiger partial charge in [0.1, 0.15) is 11.4 Å². The molecular weight excluding hydrogens is 445 g/mol. The highest BCUT2D eigenvalue weighted by Crippen LogP contribution is 2.43. The molecule has 2 aliphatic rings. The van der Waals surface area contributed by atoms with E-state index >= 15 is 0 Å². The van der Waals surface area contributed by atoms with E-state index < -0.39 is 33.3 Å². The lowest BCUT2D eigenvalue weighted by molar-refractivity contribution is -0.137. The van der Waals surface area contributed by atoms with Crippen molar-refractivity contribution in [3.8, 4) is 5.75 Å². The number of carbonyl (C=O) groups excluding carboxylic acids is 1. The van der Waals surface area contributed by atoms with Crippen LogP contribution < -0.4 is 14.8 Å². The van der Waals surface area contributed by atoms with Gasteiger partial charge < -0.3 is 10.1 Å². The first kappa shape index (κ1) is 22.2. The van der Waals surface area contributed by atoms with Crippen LogP contribution in [0.1, 0.15) is 37.0 Å². The minimum absolute atomic E-state index is 0.0709. The van der Waals surface area contributed by atoms with Crippen molar-refractivity contribution in [1.82, 2.24) is 0 Å². The van der Waals surface area contributed by atoms with Crippen molar-refractivity contribution < 1.29 is 31.1 Å². The lowest BCUT2D eigenvalue weighted by Gasteiger charge is -2.34. The maximum Gasteiger partial charge on any atom is 0.416 e. The zero-order chi connectivity index (χ0) is 23.3. The molecule has 0 spiro atoms. The van der Waals surface area contributed by atoms with E-state index in [0.29, 0.717) is 34.5 Å². The SMILES string of the molecule is CC1(C)CC(=CC(=O)Nc2cccc3c2CCS(=O)(=O)N3)c2ccc(C(F)(F)F)cc2O1. The number of fused-ring (bicyclic) bond motifs is 2. The quantitative estimate of drug-likeness (QED) is 0.635. The molecule has 1 amide bonds. The first-order valence-electron chi connectivity index (χ1n) is 9.88. The molecule has 170 valence electrons. The van der Waals surface area contributed by atoms with E-state index in [1.165, 1.54) is 12.1 Å². The number of amides is 1. The molecule has 0 aromatic heterocycles. The van der Waals surface area contributed by atoms with E-state index in [0.717, 1.165) is 12.1 Å². The molecule has 2 aliphatic heterocycles. The summed E-state index contributed by atoms with van der Waals surface area (Å²) in [5.74, 6) is -0.485. The minimum Gasteiger partial charge on any atom is -0.487 e. The van der Waals surface area contributed by atoms with Crippen molar-refractivity contribution in [3.63, 3.8) is 0 Å². The molecule has 4 rings (SSSR count). The van der Waals surface area contributed by atoms with Crippen LogP contribution in [0.2, 0.25) is 0 Å². The summed E-state index contributed by atoms with van der Waals surface area (Å²) in [4.78, 5) is 12.8. The number of ether oxygens (including phenoxy) is 1. The van der Waals surface area contributed by atoms with Crippen molar-refractivity contribution in [2.45, 2.75) is 38.5 Å². The first-order chi connectivity index (χ1) is 14.8. The summed E-state index contributed by atoms with van der Waals surface area (Å²) in [5, 5.41) is 2.77. The Kier molecular flexibility index (Phi) is 5.23. The predicted molar refractivity (Wildman–Crippen MR) is 115 cm³/mol. The number of hydrogen-bond acceptors (Lipinski definition) is 4. The Morgan fingerprint density at radius 2 is 1.97 bits per heavy atom. The van der Waals surface area contributed by atoms with Gasteiger partial charge in [-0.2, -0.15) is 13.2 Å². The number of anilines is 2. The van der Waals surface area contributed by atoms with Crippen molar-refractivity contribution in [3.05, 3.63) is 59.2 Å². The second kappa shape index (κ2) is 7.54. The maximum atomic E-state index is 13.1. The average Bonchev–Trinajstić information content (AvgIpc) is 2.65. The zero-order valence-electron chi connectivity index (χ0n) is 17.3. The van der Waals surface area contributed by atoms with Gasteiger partial charge in [-0.3, -0.25) is 9.52 Å². The number of benzene rings is 2. The van der Waals surface area contributed by atoms with Crippen LogP contribution in [-0.2, 0) is 27.4 Å². The molecule has 0 atom stereocenters. The Morgan fingerprint density at radius 1 is 1.22 bits per heavy atom. The van der Waals surface area contributed by atoms with Crippen molar-refractivity contribution >= 4 is 32.9 Å². The number of alkyl halides is 3. The molecule has 2 aromatic carbocycles. The second-order valence-corrected chi connectivity index (χ2v) is 10.3. The average molecular weight is 466 g/mol. The standard InChI is InChI=1S/C22H21F3N2O4S/c1-21(2)12-13(15-7-6-14(22(23,24)25)11-19(15)31-21)10-20(28)26-17-4-3-5-18-16(17)8-9-32(29,30)27-18/h3-7,10-11,27H,8-9,12H2,1-2H3,(H,26,28). The number of carbonyl (C=O) groups is 1. The van der Waals surface area contributed by atoms with Crippen molar-refractivity contribution in [2.24, 2.45) is 0 Å². The molecule has 0 aliphatic carbocycles. The first-order valence-corrected chi connectivity index (χ1v) is 11.5. The summed E-state index contributed by atoms with van der Waals surface area (Å²) in [7, 11) is -3.39. The van der Waals surface area contributed by atoms with Gasteiger partial charge in [0.05, 0.1) is 17.0 Å². The van der Waals surface area contributed by atoms with Gasteiger partial charge in [-0.1, -0.05) is 12.1 Å². The largest absolute Gasteiger partial charge is 0.487 e. The smallest absolute Gasteiger partial charge is 0.416 e. The summed E-state index contributed by atoms with van der Waals surface area (Å²) in [5.41, 5.74) is 0.925. The van der Waals surface area contributed by atoms with Crippen LogP contribution in [0.15, 0.2) is 42.5 Å². The van der Waals surface area contributed by atoms with Gasteiger partial charge in [-0.05, 0) is 50.1 Å². The van der Waals surface area contributed by atoms with Gasteiger partial charge in [0.15, 0.2) is 0 Å². The summed E-state index contributed by atoms with van der Waals surface area (Å²) in [6.45, 7) is 3.48. The van der Waals surface area contributed by atoms with Crippen LogP contribution in [0.4, 0.5) is 24.5 Å². The monoisotopic (exact) mass is 466 g/mol. The number of rotatable bonds is 2. The third-order valence-corrected chi connectivity index (χ3v) is 6.56. The number of hydrogen-bond donors (Lipinski definition) is 2. The van der Waals surface area contributed by atoms with Crippen LogP contribution in [-0.4, -0.2) is 25.7 Å². The fourth-order valence-electron chi connectivity index (χ4n) is 3.92. The van der Waals surface area contributed by atoms with Gasteiger partial charge in [-0.25, -0.2) is 8.42 Å². The summed E-state index contributed by atoms with van der Waals surface area (Å²) >= 11 is 0. The number of sulfonamides is 1. The summed E-state index contributed by atoms with van der Waals surface area (Å²) < 4.78 is 71.1. The molecule has 2 N–H and O–H groups in total. The Bertz CT molecular complexity index is 1230. The van der Waals surface area contributed by atoms with Gasteiger partial charge in [0.25, 0.3) is 0 Å². The highest BCUT2D eigenvalue weighted by atomic mass is 32.2. The Hall–Kier alpha value is -3.01. The van der Waals surface area contributed by atoms with E-state index in [1.807, 2.05) is 0 Å². The van der Waals surface area contributed by atoms with Gasteiger partial charge in [-0.15, -0.1) is 0 Å². The van der Waals surface area contributed by atoms with Gasteiger partial charge in [0.2, 0.25) is 15.9 Å². The van der Waals surface area contributed by atoms with Crippen molar-refractivity contribution in [1.29, 1.82) is 0 Å². The molecule has 2 aromatic rings. The lowest BCUT2D eigenvalue weighted by atomic mass is 9.88. The van der Waals surface area contributed by atoms with Crippen LogP contribution >= 0.6 is 0 Å². The van der Waals surface area contributed by atoms with Crippen LogP contribution in [0.3, 0.4) is 0 Å². The maximum absolute atomic E-state index is 13.1. The van der Waals surface area contributed by atoms with Crippen molar-refractivity contribution in [2.75, 3.05) is 15.8 Å². The summed E-state index contributed by atoms with van der Waals surface area (Å²) in [6, 6.07) is 8.14. The molecule has 2 heterocycles. The molecule has 10 heteroatoms. The molecule has 0 saturated carbocycles. The Balaban J connectivity index is 1.65. The summed E-state index contributed by atoms with van der Waals surface area (Å²) in [6.07, 6.45) is -2.58. The van der Waals surface area contributed by atoms with Crippen LogP contribution in [0, 0.1) is 0 Å². The molecule has 0 saturated heterocycles. The number of nitrogens with one attached hydrogen (secondary N) is 2. The third-order valence-electron chi connectivity index (χ3n) is 5.28. The van der Waals surface area contributed by atoms with E-state index in [-0.39, 0.29) is 17.9 Å². The Labute approximate surface area is 183 Å². The van der Waals surface area contributed by atoms with Gasteiger partial charge >= 0.3 is 6.18 Å². The molecule has 32 heavy (non-hydrogen) atoms. The lowest BCUT2D eigenvalue weighted by Crippen LogP contribution is -2.32. The second-order valence-electron chi connectivity index (χ2n) is 8.41. The highest BCUT2D eigenvalue weighted by Gasteiger charge is 2.35.